The maximum Gasteiger partial charge on any atom is 0.221 e. The summed E-state index contributed by atoms with van der Waals surface area (Å²) in [6.45, 7) is 1.93. The third-order valence-electron chi connectivity index (χ3n) is 2.70. The summed E-state index contributed by atoms with van der Waals surface area (Å²) < 4.78 is 0. The van der Waals surface area contributed by atoms with E-state index in [0.717, 1.165) is 11.4 Å². The topological polar surface area (TPSA) is 102 Å². The van der Waals surface area contributed by atoms with Gasteiger partial charge in [0.1, 0.15) is 17.3 Å². The van der Waals surface area contributed by atoms with Crippen LogP contribution in [0.25, 0.3) is 11.5 Å². The number of anilines is 3. The fourth-order valence-corrected chi connectivity index (χ4v) is 1.79. The zero-order chi connectivity index (χ0) is 14.7. The molecule has 7 nitrogen and oxygen atoms in total. The van der Waals surface area contributed by atoms with Crippen molar-refractivity contribution in [3.8, 4) is 11.5 Å². The molecule has 104 valence electrons. The van der Waals surface area contributed by atoms with Crippen molar-refractivity contribution in [2.75, 3.05) is 11.1 Å². The highest BCUT2D eigenvalue weighted by Gasteiger charge is 2.05. The van der Waals surface area contributed by atoms with Crippen molar-refractivity contribution < 1.29 is 0 Å². The maximum atomic E-state index is 5.54. The van der Waals surface area contributed by atoms with E-state index in [0.29, 0.717) is 17.5 Å². The Morgan fingerprint density at radius 3 is 2.43 bits per heavy atom. The highest BCUT2D eigenvalue weighted by Crippen LogP contribution is 2.16. The molecule has 3 rings (SSSR count). The van der Waals surface area contributed by atoms with E-state index in [4.69, 9.17) is 5.73 Å². The molecule has 3 aromatic rings. The van der Waals surface area contributed by atoms with Gasteiger partial charge in [0.05, 0.1) is 0 Å². The van der Waals surface area contributed by atoms with Gasteiger partial charge < -0.3 is 11.1 Å². The second-order valence-electron chi connectivity index (χ2n) is 4.35. The molecular weight excluding hydrogens is 266 g/mol. The van der Waals surface area contributed by atoms with E-state index in [1.54, 1.807) is 24.5 Å². The van der Waals surface area contributed by atoms with Crippen LogP contribution >= 0.6 is 0 Å². The molecule has 0 amide bonds. The van der Waals surface area contributed by atoms with Crippen molar-refractivity contribution in [2.45, 2.75) is 6.92 Å². The van der Waals surface area contributed by atoms with Crippen LogP contribution in [0.3, 0.4) is 0 Å². The first-order valence-electron chi connectivity index (χ1n) is 6.33. The Morgan fingerprint density at radius 1 is 0.905 bits per heavy atom. The van der Waals surface area contributed by atoms with Gasteiger partial charge >= 0.3 is 0 Å². The number of nitrogen functional groups attached to an aromatic ring is 1. The van der Waals surface area contributed by atoms with Crippen LogP contribution in [0.5, 0.6) is 0 Å². The molecular formula is C14H13N7. The third kappa shape index (κ3) is 3.08. The number of pyridine rings is 1. The summed E-state index contributed by atoms with van der Waals surface area (Å²) in [6, 6.07) is 9.18. The number of rotatable bonds is 3. The lowest BCUT2D eigenvalue weighted by molar-refractivity contribution is 1.11. The van der Waals surface area contributed by atoms with E-state index < -0.39 is 0 Å². The lowest BCUT2D eigenvalue weighted by atomic mass is 10.3. The number of hydrogen-bond acceptors (Lipinski definition) is 7. The van der Waals surface area contributed by atoms with Crippen LogP contribution in [-0.2, 0) is 0 Å². The first kappa shape index (κ1) is 12.9. The van der Waals surface area contributed by atoms with Crippen molar-refractivity contribution in [3.05, 3.63) is 48.4 Å². The molecule has 0 spiro atoms. The average Bonchev–Trinajstić information content (AvgIpc) is 2.47. The molecule has 7 heteroatoms. The molecule has 0 aliphatic heterocycles. The largest absolute Gasteiger partial charge is 0.368 e. The van der Waals surface area contributed by atoms with Crippen LogP contribution in [0, 0.1) is 6.92 Å². The molecule has 0 saturated carbocycles. The van der Waals surface area contributed by atoms with Gasteiger partial charge in [-0.1, -0.05) is 6.07 Å². The van der Waals surface area contributed by atoms with Crippen LogP contribution in [-0.4, -0.2) is 24.9 Å². The number of aromatic nitrogens is 5. The van der Waals surface area contributed by atoms with Gasteiger partial charge in [-0.05, 0) is 31.2 Å². The summed E-state index contributed by atoms with van der Waals surface area (Å²) in [6.07, 6.45) is 3.24. The highest BCUT2D eigenvalue weighted by atomic mass is 15.1. The molecule has 0 aliphatic rings. The minimum Gasteiger partial charge on any atom is -0.368 e. The molecule has 21 heavy (non-hydrogen) atoms. The van der Waals surface area contributed by atoms with E-state index >= 15 is 0 Å². The summed E-state index contributed by atoms with van der Waals surface area (Å²) in [5.41, 5.74) is 7.18. The number of nitrogens with one attached hydrogen (secondary N) is 1. The first-order valence-corrected chi connectivity index (χ1v) is 6.33. The molecule has 3 aromatic heterocycles. The predicted molar refractivity (Wildman–Crippen MR) is 79.7 cm³/mol. The lowest BCUT2D eigenvalue weighted by Gasteiger charge is -2.06. The normalized spacial score (nSPS) is 10.3. The second-order valence-corrected chi connectivity index (χ2v) is 4.35. The van der Waals surface area contributed by atoms with Crippen molar-refractivity contribution in [1.29, 1.82) is 0 Å². The van der Waals surface area contributed by atoms with E-state index in [-0.39, 0.29) is 5.95 Å². The van der Waals surface area contributed by atoms with E-state index in [1.807, 2.05) is 25.1 Å². The maximum absolute atomic E-state index is 5.54. The van der Waals surface area contributed by atoms with Gasteiger partial charge in [0, 0.05) is 18.1 Å². The van der Waals surface area contributed by atoms with Crippen LogP contribution in [0.2, 0.25) is 0 Å². The Morgan fingerprint density at radius 2 is 1.67 bits per heavy atom. The molecule has 0 fully saturated rings. The lowest BCUT2D eigenvalue weighted by Crippen LogP contribution is -2.01. The minimum atomic E-state index is 0.203. The molecule has 0 unspecified atom stereocenters. The molecule has 3 heterocycles. The summed E-state index contributed by atoms with van der Waals surface area (Å²) in [7, 11) is 0. The van der Waals surface area contributed by atoms with Crippen LogP contribution in [0.15, 0.2) is 42.7 Å². The molecule has 0 atom stereocenters. The standard InChI is InChI=1S/C14H13N7/c1-9-3-2-4-10(18-9)13-16-7-5-11(20-13)19-12-6-8-17-14(15)21-12/h2-8H,1H3,(H3,15,16,17,19,20,21). The molecule has 0 aromatic carbocycles. The van der Waals surface area contributed by atoms with E-state index in [9.17, 15) is 0 Å². The van der Waals surface area contributed by atoms with Gasteiger partial charge in [0.2, 0.25) is 5.95 Å². The zero-order valence-corrected chi connectivity index (χ0v) is 11.4. The molecule has 0 aliphatic carbocycles. The molecule has 0 radical (unpaired) electrons. The Balaban J connectivity index is 1.90. The second kappa shape index (κ2) is 5.49. The molecule has 0 saturated heterocycles. The fourth-order valence-electron chi connectivity index (χ4n) is 1.79. The van der Waals surface area contributed by atoms with E-state index in [2.05, 4.69) is 30.2 Å². The Kier molecular flexibility index (Phi) is 3.38. The quantitative estimate of drug-likeness (QED) is 0.755. The first-order chi connectivity index (χ1) is 10.2. The van der Waals surface area contributed by atoms with Gasteiger partial charge in [-0.2, -0.15) is 4.98 Å². The van der Waals surface area contributed by atoms with Gasteiger partial charge in [-0.15, -0.1) is 0 Å². The smallest absolute Gasteiger partial charge is 0.221 e. The molecule has 3 N–H and O–H groups in total. The fraction of sp³-hybridized carbons (Fsp3) is 0.0714. The van der Waals surface area contributed by atoms with Gasteiger partial charge in [-0.25, -0.2) is 19.9 Å². The number of hydrogen-bond donors (Lipinski definition) is 2. The van der Waals surface area contributed by atoms with Crippen molar-refractivity contribution >= 4 is 17.6 Å². The summed E-state index contributed by atoms with van der Waals surface area (Å²) in [5, 5.41) is 3.06. The Labute approximate surface area is 121 Å². The van der Waals surface area contributed by atoms with Crippen molar-refractivity contribution in [1.82, 2.24) is 24.9 Å². The summed E-state index contributed by atoms with van der Waals surface area (Å²) in [4.78, 5) is 21.0. The third-order valence-corrected chi connectivity index (χ3v) is 2.70. The van der Waals surface area contributed by atoms with Crippen LogP contribution in [0.1, 0.15) is 5.69 Å². The van der Waals surface area contributed by atoms with Crippen LogP contribution < -0.4 is 11.1 Å². The highest BCUT2D eigenvalue weighted by molar-refractivity contribution is 5.56. The van der Waals surface area contributed by atoms with Gasteiger partial charge in [0.15, 0.2) is 5.82 Å². The van der Waals surface area contributed by atoms with Gasteiger partial charge in [0.25, 0.3) is 0 Å². The average molecular weight is 279 g/mol. The number of aryl methyl sites for hydroxylation is 1. The Hall–Kier alpha value is -3.09. The monoisotopic (exact) mass is 279 g/mol. The van der Waals surface area contributed by atoms with E-state index in [1.165, 1.54) is 0 Å². The number of nitrogens with two attached hydrogens (primary N) is 1. The predicted octanol–water partition coefficient (Wildman–Crippen LogP) is 1.96. The zero-order valence-electron chi connectivity index (χ0n) is 11.4. The minimum absolute atomic E-state index is 0.203. The summed E-state index contributed by atoms with van der Waals surface area (Å²) in [5.74, 6) is 1.94. The van der Waals surface area contributed by atoms with Gasteiger partial charge in [-0.3, -0.25) is 0 Å². The Bertz CT molecular complexity index is 773. The van der Waals surface area contributed by atoms with Crippen molar-refractivity contribution in [3.63, 3.8) is 0 Å². The van der Waals surface area contributed by atoms with Crippen molar-refractivity contribution in [2.24, 2.45) is 0 Å². The number of nitrogens with zero attached hydrogens (tertiary/aromatic N) is 5. The summed E-state index contributed by atoms with van der Waals surface area (Å²) >= 11 is 0. The van der Waals surface area contributed by atoms with Crippen LogP contribution in [0.4, 0.5) is 17.6 Å². The molecule has 0 bridgehead atoms. The SMILES string of the molecule is Cc1cccc(-c2nccc(Nc3ccnc(N)n3)n2)n1.